The highest BCUT2D eigenvalue weighted by Gasteiger charge is 2.03. The first-order valence-corrected chi connectivity index (χ1v) is 3.83. The molecule has 0 fully saturated rings. The van der Waals surface area contributed by atoms with Crippen molar-refractivity contribution in [2.45, 2.75) is 26.7 Å². The van der Waals surface area contributed by atoms with Gasteiger partial charge in [0.2, 0.25) is 0 Å². The Labute approximate surface area is 63.8 Å². The average Bonchev–Trinajstić information content (AvgIpc) is 1.91. The van der Waals surface area contributed by atoms with Crippen molar-refractivity contribution in [1.82, 2.24) is 5.32 Å². The summed E-state index contributed by atoms with van der Waals surface area (Å²) in [6, 6.07) is 0. The van der Waals surface area contributed by atoms with Gasteiger partial charge in [-0.15, -0.1) is 5.73 Å². The summed E-state index contributed by atoms with van der Waals surface area (Å²) in [6.07, 6.45) is 2.42. The summed E-state index contributed by atoms with van der Waals surface area (Å²) in [6.45, 7) is 7.99. The Hall–Kier alpha value is -0.680. The van der Waals surface area contributed by atoms with Gasteiger partial charge in [-0.25, -0.2) is 0 Å². The first-order valence-electron chi connectivity index (χ1n) is 3.83. The zero-order chi connectivity index (χ0) is 7.98. The molecular formula is C9H17N. The van der Waals surface area contributed by atoms with Gasteiger partial charge in [-0.05, 0) is 6.42 Å². The minimum Gasteiger partial charge on any atom is -0.385 e. The fourth-order valence-corrected chi connectivity index (χ4v) is 1.09. The van der Waals surface area contributed by atoms with Crippen molar-refractivity contribution in [2.24, 2.45) is 5.92 Å². The Morgan fingerprint density at radius 2 is 2.30 bits per heavy atom. The molecule has 1 atom stereocenters. The molecule has 0 bridgehead atoms. The van der Waals surface area contributed by atoms with Crippen molar-refractivity contribution in [2.75, 3.05) is 7.05 Å². The largest absolute Gasteiger partial charge is 0.385 e. The standard InChI is InChI=1S/C9H17N/c1-5-7-8(3)9(6-2)10-4/h8,10H,2,5,7H2,1,3-4H3. The molecular weight excluding hydrogens is 122 g/mol. The van der Waals surface area contributed by atoms with E-state index in [9.17, 15) is 0 Å². The molecule has 0 saturated heterocycles. The summed E-state index contributed by atoms with van der Waals surface area (Å²) in [5.41, 5.74) is 4.02. The Kier molecular flexibility index (Phi) is 4.78. The van der Waals surface area contributed by atoms with Crippen molar-refractivity contribution in [1.29, 1.82) is 0 Å². The zero-order valence-electron chi connectivity index (χ0n) is 7.20. The fraction of sp³-hybridized carbons (Fsp3) is 0.667. The molecule has 0 spiro atoms. The molecule has 1 N–H and O–H groups in total. The molecule has 58 valence electrons. The second-order valence-corrected chi connectivity index (χ2v) is 2.53. The maximum absolute atomic E-state index is 3.61. The molecule has 1 nitrogen and oxygen atoms in total. The van der Waals surface area contributed by atoms with Crippen LogP contribution in [-0.2, 0) is 0 Å². The van der Waals surface area contributed by atoms with Gasteiger partial charge in [-0.1, -0.05) is 26.8 Å². The Balaban J connectivity index is 3.90. The molecule has 0 radical (unpaired) electrons. The molecule has 0 aliphatic rings. The summed E-state index contributed by atoms with van der Waals surface area (Å²) in [4.78, 5) is 0. The van der Waals surface area contributed by atoms with Gasteiger partial charge >= 0.3 is 0 Å². The first-order chi connectivity index (χ1) is 4.76. The van der Waals surface area contributed by atoms with Gasteiger partial charge in [0.25, 0.3) is 0 Å². The fourth-order valence-electron chi connectivity index (χ4n) is 1.09. The molecule has 0 rings (SSSR count). The quantitative estimate of drug-likeness (QED) is 0.589. The summed E-state index contributed by atoms with van der Waals surface area (Å²) in [5.74, 6) is 0.576. The van der Waals surface area contributed by atoms with E-state index < -0.39 is 0 Å². The van der Waals surface area contributed by atoms with Gasteiger partial charge in [0.1, 0.15) is 0 Å². The number of nitrogens with one attached hydrogen (secondary N) is 1. The van der Waals surface area contributed by atoms with Crippen LogP contribution in [-0.4, -0.2) is 7.05 Å². The van der Waals surface area contributed by atoms with Gasteiger partial charge < -0.3 is 5.32 Å². The number of allylic oxidation sites excluding steroid dienone is 1. The van der Waals surface area contributed by atoms with E-state index in [0.29, 0.717) is 5.92 Å². The van der Waals surface area contributed by atoms with E-state index in [2.05, 4.69) is 31.5 Å². The van der Waals surface area contributed by atoms with Crippen LogP contribution < -0.4 is 5.32 Å². The van der Waals surface area contributed by atoms with Crippen LogP contribution in [0.15, 0.2) is 18.0 Å². The molecule has 1 unspecified atom stereocenters. The highest BCUT2D eigenvalue weighted by molar-refractivity contribution is 4.99. The van der Waals surface area contributed by atoms with E-state index in [4.69, 9.17) is 0 Å². The number of hydrogen-bond acceptors (Lipinski definition) is 1. The van der Waals surface area contributed by atoms with E-state index >= 15 is 0 Å². The molecule has 0 aromatic carbocycles. The van der Waals surface area contributed by atoms with E-state index in [1.165, 1.54) is 12.8 Å². The van der Waals surface area contributed by atoms with Crippen LogP contribution in [0.3, 0.4) is 0 Å². The smallest absolute Gasteiger partial charge is 0.0557 e. The molecule has 0 aromatic rings. The number of hydrogen-bond donors (Lipinski definition) is 1. The summed E-state index contributed by atoms with van der Waals surface area (Å²) in [5, 5.41) is 3.08. The van der Waals surface area contributed by atoms with Crippen LogP contribution >= 0.6 is 0 Å². The van der Waals surface area contributed by atoms with Crippen LogP contribution in [0.25, 0.3) is 0 Å². The van der Waals surface area contributed by atoms with E-state index in [0.717, 1.165) is 5.70 Å². The predicted octanol–water partition coefficient (Wildman–Crippen LogP) is 2.31. The van der Waals surface area contributed by atoms with Gasteiger partial charge in [0.15, 0.2) is 0 Å². The van der Waals surface area contributed by atoms with Crippen molar-refractivity contribution in [3.05, 3.63) is 18.0 Å². The Morgan fingerprint density at radius 1 is 1.70 bits per heavy atom. The second kappa shape index (κ2) is 5.13. The predicted molar refractivity (Wildman–Crippen MR) is 45.8 cm³/mol. The Morgan fingerprint density at radius 3 is 2.60 bits per heavy atom. The minimum absolute atomic E-state index is 0.576. The van der Waals surface area contributed by atoms with Gasteiger partial charge in [0.05, 0.1) is 5.70 Å². The van der Waals surface area contributed by atoms with Crippen LogP contribution in [0.1, 0.15) is 26.7 Å². The van der Waals surface area contributed by atoms with Crippen LogP contribution in [0.2, 0.25) is 0 Å². The normalized spacial score (nSPS) is 11.9. The maximum Gasteiger partial charge on any atom is 0.0557 e. The molecule has 10 heavy (non-hydrogen) atoms. The first kappa shape index (κ1) is 9.32. The monoisotopic (exact) mass is 139 g/mol. The van der Waals surface area contributed by atoms with Gasteiger partial charge in [0, 0.05) is 13.0 Å². The maximum atomic E-state index is 3.61. The van der Waals surface area contributed by atoms with Crippen LogP contribution in [0.5, 0.6) is 0 Å². The lowest BCUT2D eigenvalue weighted by atomic mass is 10.0. The average molecular weight is 139 g/mol. The molecule has 0 aliphatic heterocycles. The van der Waals surface area contributed by atoms with Crippen molar-refractivity contribution in [3.8, 4) is 0 Å². The third kappa shape index (κ3) is 2.75. The third-order valence-corrected chi connectivity index (χ3v) is 1.67. The van der Waals surface area contributed by atoms with Crippen LogP contribution in [0, 0.1) is 5.92 Å². The van der Waals surface area contributed by atoms with Gasteiger partial charge in [-0.3, -0.25) is 0 Å². The summed E-state index contributed by atoms with van der Waals surface area (Å²) in [7, 11) is 1.92. The third-order valence-electron chi connectivity index (χ3n) is 1.67. The van der Waals surface area contributed by atoms with E-state index in [-0.39, 0.29) is 0 Å². The van der Waals surface area contributed by atoms with Gasteiger partial charge in [-0.2, -0.15) is 0 Å². The SMILES string of the molecule is C=C=C(NC)C(C)CCC. The number of rotatable bonds is 4. The van der Waals surface area contributed by atoms with Crippen molar-refractivity contribution >= 4 is 0 Å². The molecule has 0 aliphatic carbocycles. The minimum atomic E-state index is 0.576. The van der Waals surface area contributed by atoms with Crippen LogP contribution in [0.4, 0.5) is 0 Å². The van der Waals surface area contributed by atoms with Crippen molar-refractivity contribution < 1.29 is 0 Å². The lowest BCUT2D eigenvalue weighted by Gasteiger charge is -2.11. The lowest BCUT2D eigenvalue weighted by molar-refractivity contribution is 0.571. The summed E-state index contributed by atoms with van der Waals surface area (Å²) < 4.78 is 0. The van der Waals surface area contributed by atoms with E-state index in [1.807, 2.05) is 7.05 Å². The molecule has 0 saturated carbocycles. The lowest BCUT2D eigenvalue weighted by Crippen LogP contribution is -2.12. The van der Waals surface area contributed by atoms with Crippen molar-refractivity contribution in [3.63, 3.8) is 0 Å². The summed E-state index contributed by atoms with van der Waals surface area (Å²) >= 11 is 0. The molecule has 0 aromatic heterocycles. The highest BCUT2D eigenvalue weighted by atomic mass is 14.8. The molecule has 0 heterocycles. The second-order valence-electron chi connectivity index (χ2n) is 2.53. The highest BCUT2D eigenvalue weighted by Crippen LogP contribution is 2.11. The molecule has 0 amide bonds. The zero-order valence-corrected chi connectivity index (χ0v) is 7.20. The molecule has 1 heteroatoms. The van der Waals surface area contributed by atoms with E-state index in [1.54, 1.807) is 0 Å². The topological polar surface area (TPSA) is 12.0 Å². The Bertz CT molecular complexity index is 132.